The standard InChI is InChI=1S/C21H17F3N4O2/c22-21(23,24)16-5-3-13(4-6-16)17-10-18(28-9-7-15(12-28)20(29)30)27-19(26-17)14-2-1-8-25-11-14/h1-6,8,10-11,15H,7,9,12H2,(H,29,30)/t15-/m1/s1. The molecule has 1 fully saturated rings. The zero-order chi connectivity index (χ0) is 21.3. The van der Waals surface area contributed by atoms with E-state index in [1.165, 1.54) is 12.1 Å². The molecule has 4 rings (SSSR count). The summed E-state index contributed by atoms with van der Waals surface area (Å²) in [7, 11) is 0. The van der Waals surface area contributed by atoms with Crippen LogP contribution in [0.2, 0.25) is 0 Å². The Hall–Kier alpha value is -3.49. The maximum Gasteiger partial charge on any atom is 0.416 e. The molecule has 2 aromatic heterocycles. The normalized spacial score (nSPS) is 16.6. The van der Waals surface area contributed by atoms with Gasteiger partial charge >= 0.3 is 12.1 Å². The van der Waals surface area contributed by atoms with E-state index in [4.69, 9.17) is 0 Å². The van der Waals surface area contributed by atoms with Crippen LogP contribution in [0.5, 0.6) is 0 Å². The van der Waals surface area contributed by atoms with Crippen molar-refractivity contribution in [1.82, 2.24) is 15.0 Å². The van der Waals surface area contributed by atoms with Crippen molar-refractivity contribution in [3.8, 4) is 22.6 Å². The van der Waals surface area contributed by atoms with E-state index in [9.17, 15) is 23.1 Å². The number of nitrogens with zero attached hydrogens (tertiary/aromatic N) is 4. The maximum absolute atomic E-state index is 12.9. The van der Waals surface area contributed by atoms with Gasteiger partial charge in [0.2, 0.25) is 0 Å². The third kappa shape index (κ3) is 4.10. The fourth-order valence-electron chi connectivity index (χ4n) is 3.37. The molecule has 1 aliphatic rings. The summed E-state index contributed by atoms with van der Waals surface area (Å²) >= 11 is 0. The Morgan fingerprint density at radius 1 is 1.10 bits per heavy atom. The summed E-state index contributed by atoms with van der Waals surface area (Å²) in [4.78, 5) is 26.3. The molecule has 1 saturated heterocycles. The number of aliphatic carboxylic acids is 1. The van der Waals surface area contributed by atoms with Gasteiger partial charge in [-0.25, -0.2) is 9.97 Å². The van der Waals surface area contributed by atoms with Crippen molar-refractivity contribution in [2.24, 2.45) is 5.92 Å². The molecular weight excluding hydrogens is 397 g/mol. The zero-order valence-electron chi connectivity index (χ0n) is 15.7. The topological polar surface area (TPSA) is 79.2 Å². The molecule has 30 heavy (non-hydrogen) atoms. The van der Waals surface area contributed by atoms with Gasteiger partial charge in [-0.15, -0.1) is 0 Å². The van der Waals surface area contributed by atoms with Gasteiger partial charge in [-0.2, -0.15) is 13.2 Å². The first kappa shape index (κ1) is 19.8. The van der Waals surface area contributed by atoms with Crippen LogP contribution in [-0.4, -0.2) is 39.1 Å². The molecule has 1 aromatic carbocycles. The van der Waals surface area contributed by atoms with Crippen molar-refractivity contribution >= 4 is 11.8 Å². The summed E-state index contributed by atoms with van der Waals surface area (Å²) < 4.78 is 38.7. The molecule has 154 valence electrons. The average Bonchev–Trinajstić information content (AvgIpc) is 3.24. The van der Waals surface area contributed by atoms with Gasteiger partial charge in [0.1, 0.15) is 5.82 Å². The van der Waals surface area contributed by atoms with E-state index in [1.54, 1.807) is 30.6 Å². The molecule has 0 saturated carbocycles. The number of hydrogen-bond donors (Lipinski definition) is 1. The first-order valence-corrected chi connectivity index (χ1v) is 9.26. The Labute approximate surface area is 170 Å². The lowest BCUT2D eigenvalue weighted by Crippen LogP contribution is -2.23. The Morgan fingerprint density at radius 2 is 1.87 bits per heavy atom. The minimum Gasteiger partial charge on any atom is -0.481 e. The van der Waals surface area contributed by atoms with Crippen molar-refractivity contribution < 1.29 is 23.1 Å². The van der Waals surface area contributed by atoms with E-state index >= 15 is 0 Å². The van der Waals surface area contributed by atoms with E-state index < -0.39 is 23.6 Å². The molecule has 6 nitrogen and oxygen atoms in total. The van der Waals surface area contributed by atoms with E-state index in [0.29, 0.717) is 48.0 Å². The molecule has 3 heterocycles. The number of rotatable bonds is 4. The number of halogens is 3. The van der Waals surface area contributed by atoms with E-state index in [1.807, 2.05) is 4.90 Å². The summed E-state index contributed by atoms with van der Waals surface area (Å²) in [5.74, 6) is -0.449. The molecule has 0 bridgehead atoms. The molecule has 0 radical (unpaired) electrons. The molecule has 3 aromatic rings. The Kier molecular flexibility index (Phi) is 5.11. The van der Waals surface area contributed by atoms with E-state index in [-0.39, 0.29) is 0 Å². The first-order valence-electron chi connectivity index (χ1n) is 9.26. The summed E-state index contributed by atoms with van der Waals surface area (Å²) in [6, 6.07) is 9.95. The van der Waals surface area contributed by atoms with Crippen molar-refractivity contribution in [3.63, 3.8) is 0 Å². The number of carbonyl (C=O) groups is 1. The predicted octanol–water partition coefficient (Wildman–Crippen LogP) is 4.14. The number of aromatic nitrogens is 3. The van der Waals surface area contributed by atoms with Crippen LogP contribution < -0.4 is 4.90 Å². The Morgan fingerprint density at radius 3 is 2.47 bits per heavy atom. The highest BCUT2D eigenvalue weighted by Crippen LogP contribution is 2.32. The SMILES string of the molecule is O=C(O)[C@@H]1CCN(c2cc(-c3ccc(C(F)(F)F)cc3)nc(-c3cccnc3)n2)C1. The molecule has 1 N–H and O–H groups in total. The second-order valence-electron chi connectivity index (χ2n) is 7.02. The second kappa shape index (κ2) is 7.74. The molecule has 1 aliphatic heterocycles. The minimum absolute atomic E-state index is 0.311. The van der Waals surface area contributed by atoms with E-state index in [0.717, 1.165) is 12.1 Å². The van der Waals surface area contributed by atoms with Crippen molar-refractivity contribution in [2.45, 2.75) is 12.6 Å². The minimum atomic E-state index is -4.42. The average molecular weight is 414 g/mol. The second-order valence-corrected chi connectivity index (χ2v) is 7.02. The van der Waals surface area contributed by atoms with E-state index in [2.05, 4.69) is 15.0 Å². The molecule has 0 unspecified atom stereocenters. The quantitative estimate of drug-likeness (QED) is 0.692. The number of carboxylic acids is 1. The molecule has 9 heteroatoms. The van der Waals surface area contributed by atoms with Gasteiger partial charge in [-0.1, -0.05) is 12.1 Å². The van der Waals surface area contributed by atoms with Crippen molar-refractivity contribution in [2.75, 3.05) is 18.0 Å². The highest BCUT2D eigenvalue weighted by atomic mass is 19.4. The fraction of sp³-hybridized carbons (Fsp3) is 0.238. The van der Waals surface area contributed by atoms with Crippen LogP contribution >= 0.6 is 0 Å². The summed E-state index contributed by atoms with van der Waals surface area (Å²) in [6.45, 7) is 0.832. The van der Waals surface area contributed by atoms with Gasteiger partial charge in [0.05, 0.1) is 17.2 Å². The largest absolute Gasteiger partial charge is 0.481 e. The number of anilines is 1. The van der Waals surface area contributed by atoms with Crippen LogP contribution in [-0.2, 0) is 11.0 Å². The lowest BCUT2D eigenvalue weighted by molar-refractivity contribution is -0.141. The monoisotopic (exact) mass is 414 g/mol. The van der Waals surface area contributed by atoms with Crippen LogP contribution in [0.15, 0.2) is 54.9 Å². The van der Waals surface area contributed by atoms with Gasteiger partial charge < -0.3 is 10.0 Å². The summed E-state index contributed by atoms with van der Waals surface area (Å²) in [5.41, 5.74) is 0.871. The first-order chi connectivity index (χ1) is 14.3. The smallest absolute Gasteiger partial charge is 0.416 e. The van der Waals surface area contributed by atoms with Crippen LogP contribution in [0, 0.1) is 5.92 Å². The predicted molar refractivity (Wildman–Crippen MR) is 104 cm³/mol. The Balaban J connectivity index is 1.75. The number of alkyl halides is 3. The summed E-state index contributed by atoms with van der Waals surface area (Å²) in [6.07, 6.45) is -0.712. The lowest BCUT2D eigenvalue weighted by Gasteiger charge is -2.19. The lowest BCUT2D eigenvalue weighted by atomic mass is 10.1. The molecule has 1 atom stereocenters. The Bertz CT molecular complexity index is 1060. The number of pyridine rings is 1. The molecule has 0 aliphatic carbocycles. The highest BCUT2D eigenvalue weighted by molar-refractivity contribution is 5.73. The van der Waals surface area contributed by atoms with Gasteiger partial charge in [0.15, 0.2) is 5.82 Å². The van der Waals surface area contributed by atoms with Gasteiger partial charge in [0.25, 0.3) is 0 Å². The third-order valence-electron chi connectivity index (χ3n) is 5.00. The van der Waals surface area contributed by atoms with Crippen molar-refractivity contribution in [1.29, 1.82) is 0 Å². The molecular formula is C21H17F3N4O2. The van der Waals surface area contributed by atoms with Gasteiger partial charge in [-0.3, -0.25) is 9.78 Å². The summed E-state index contributed by atoms with van der Waals surface area (Å²) in [5, 5.41) is 9.28. The van der Waals surface area contributed by atoms with Gasteiger partial charge in [0, 0.05) is 42.7 Å². The highest BCUT2D eigenvalue weighted by Gasteiger charge is 2.31. The van der Waals surface area contributed by atoms with Gasteiger partial charge in [-0.05, 0) is 30.7 Å². The maximum atomic E-state index is 12.9. The number of benzene rings is 1. The molecule has 0 amide bonds. The molecule has 0 spiro atoms. The number of carboxylic acid groups (broad SMARTS) is 1. The number of hydrogen-bond acceptors (Lipinski definition) is 5. The van der Waals surface area contributed by atoms with Crippen LogP contribution in [0.3, 0.4) is 0 Å². The fourth-order valence-corrected chi connectivity index (χ4v) is 3.37. The zero-order valence-corrected chi connectivity index (χ0v) is 15.7. The van der Waals surface area contributed by atoms with Crippen LogP contribution in [0.25, 0.3) is 22.6 Å². The van der Waals surface area contributed by atoms with Crippen LogP contribution in [0.4, 0.5) is 19.0 Å². The van der Waals surface area contributed by atoms with Crippen LogP contribution in [0.1, 0.15) is 12.0 Å². The van der Waals surface area contributed by atoms with Crippen molar-refractivity contribution in [3.05, 3.63) is 60.4 Å². The third-order valence-corrected chi connectivity index (χ3v) is 5.00.